The number of hydrogen-bond donors (Lipinski definition) is 2. The van der Waals surface area contributed by atoms with Gasteiger partial charge in [-0.15, -0.1) is 0 Å². The first-order chi connectivity index (χ1) is 12.1. The fourth-order valence-corrected chi connectivity index (χ4v) is 2.48. The van der Waals surface area contributed by atoms with Crippen LogP contribution in [0, 0.1) is 0 Å². The van der Waals surface area contributed by atoms with Gasteiger partial charge in [0, 0.05) is 11.9 Å². The van der Waals surface area contributed by atoms with Crippen LogP contribution >= 0.6 is 0 Å². The number of benzene rings is 2. The summed E-state index contributed by atoms with van der Waals surface area (Å²) in [6.07, 6.45) is 2.16. The van der Waals surface area contributed by atoms with E-state index in [1.165, 1.54) is 6.26 Å². The number of carbonyl (C=O) groups excluding carboxylic acids is 2. The van der Waals surface area contributed by atoms with Crippen LogP contribution < -0.4 is 15.8 Å². The zero-order valence-electron chi connectivity index (χ0n) is 13.5. The molecule has 0 saturated heterocycles. The molecule has 1 aromatic heterocycles. The quantitative estimate of drug-likeness (QED) is 0.691. The highest BCUT2D eigenvalue weighted by molar-refractivity contribution is 6.05. The number of carbonyl (C=O) groups is 2. The number of nitrogens with one attached hydrogen (secondary N) is 1. The van der Waals surface area contributed by atoms with E-state index in [1.54, 1.807) is 12.1 Å². The van der Waals surface area contributed by atoms with Crippen LogP contribution in [0.4, 0.5) is 0 Å². The molecule has 3 N–H and O–H groups in total. The van der Waals surface area contributed by atoms with E-state index in [2.05, 4.69) is 5.32 Å². The van der Waals surface area contributed by atoms with Crippen molar-refractivity contribution >= 4 is 22.8 Å². The van der Waals surface area contributed by atoms with Gasteiger partial charge < -0.3 is 20.2 Å². The highest BCUT2D eigenvalue weighted by Gasteiger charge is 2.12. The lowest BCUT2D eigenvalue weighted by Crippen LogP contribution is -2.25. The molecule has 3 aromatic rings. The largest absolute Gasteiger partial charge is 0.484 e. The van der Waals surface area contributed by atoms with Gasteiger partial charge in [0.15, 0.2) is 6.61 Å². The van der Waals surface area contributed by atoms with Crippen molar-refractivity contribution < 1.29 is 18.7 Å². The molecule has 128 valence electrons. The summed E-state index contributed by atoms with van der Waals surface area (Å²) in [6, 6.07) is 14.7. The predicted molar refractivity (Wildman–Crippen MR) is 93.4 cm³/mol. The first-order valence-corrected chi connectivity index (χ1v) is 7.88. The van der Waals surface area contributed by atoms with E-state index in [0.717, 1.165) is 10.9 Å². The minimum absolute atomic E-state index is 0.145. The molecule has 0 unspecified atom stereocenters. The number of rotatable bonds is 7. The van der Waals surface area contributed by atoms with Gasteiger partial charge in [0.25, 0.3) is 11.8 Å². The van der Waals surface area contributed by atoms with Crippen molar-refractivity contribution in [2.75, 3.05) is 13.2 Å². The summed E-state index contributed by atoms with van der Waals surface area (Å²) >= 11 is 0. The minimum Gasteiger partial charge on any atom is -0.484 e. The molecular weight excluding hydrogens is 320 g/mol. The van der Waals surface area contributed by atoms with Crippen molar-refractivity contribution in [1.29, 1.82) is 0 Å². The van der Waals surface area contributed by atoms with Gasteiger partial charge in [-0.3, -0.25) is 9.59 Å². The number of primary amides is 1. The monoisotopic (exact) mass is 338 g/mol. The lowest BCUT2D eigenvalue weighted by molar-refractivity contribution is -0.119. The molecule has 25 heavy (non-hydrogen) atoms. The number of ether oxygens (including phenoxy) is 1. The van der Waals surface area contributed by atoms with Crippen LogP contribution in [0.25, 0.3) is 11.0 Å². The smallest absolute Gasteiger partial charge is 0.255 e. The molecule has 0 aliphatic rings. The SMILES string of the molecule is NC(=O)COc1ccc(CCNC(=O)c2coc3ccccc23)cc1. The Labute approximate surface area is 144 Å². The van der Waals surface area contributed by atoms with E-state index < -0.39 is 5.91 Å². The van der Waals surface area contributed by atoms with Crippen LogP contribution in [0.1, 0.15) is 15.9 Å². The van der Waals surface area contributed by atoms with Gasteiger partial charge in [-0.1, -0.05) is 30.3 Å². The van der Waals surface area contributed by atoms with Crippen LogP contribution in [0.3, 0.4) is 0 Å². The van der Waals surface area contributed by atoms with Crippen molar-refractivity contribution in [3.05, 3.63) is 65.9 Å². The molecule has 3 rings (SSSR count). The van der Waals surface area contributed by atoms with Crippen LogP contribution in [-0.4, -0.2) is 25.0 Å². The number of amides is 2. The third-order valence-corrected chi connectivity index (χ3v) is 3.73. The number of nitrogens with two attached hydrogens (primary N) is 1. The van der Waals surface area contributed by atoms with Gasteiger partial charge in [-0.25, -0.2) is 0 Å². The molecule has 2 amide bonds. The second kappa shape index (κ2) is 7.53. The van der Waals surface area contributed by atoms with Gasteiger partial charge >= 0.3 is 0 Å². The first kappa shape index (κ1) is 16.6. The average Bonchev–Trinajstić information content (AvgIpc) is 3.05. The van der Waals surface area contributed by atoms with Crippen LogP contribution in [0.2, 0.25) is 0 Å². The summed E-state index contributed by atoms with van der Waals surface area (Å²) < 4.78 is 10.6. The highest BCUT2D eigenvalue weighted by atomic mass is 16.5. The summed E-state index contributed by atoms with van der Waals surface area (Å²) in [5, 5.41) is 3.69. The summed E-state index contributed by atoms with van der Waals surface area (Å²) in [4.78, 5) is 23.0. The Bertz CT molecular complexity index is 884. The van der Waals surface area contributed by atoms with Crippen molar-refractivity contribution in [3.63, 3.8) is 0 Å². The average molecular weight is 338 g/mol. The normalized spacial score (nSPS) is 10.6. The number of hydrogen-bond acceptors (Lipinski definition) is 4. The summed E-state index contributed by atoms with van der Waals surface area (Å²) in [6.45, 7) is 0.355. The number of furan rings is 1. The fraction of sp³-hybridized carbons (Fsp3) is 0.158. The molecule has 0 spiro atoms. The Hall–Kier alpha value is -3.28. The van der Waals surface area contributed by atoms with E-state index in [4.69, 9.17) is 14.9 Å². The van der Waals surface area contributed by atoms with E-state index in [-0.39, 0.29) is 12.5 Å². The molecule has 0 saturated carbocycles. The Morgan fingerprint density at radius 1 is 1.08 bits per heavy atom. The Kier molecular flexibility index (Phi) is 4.99. The lowest BCUT2D eigenvalue weighted by Gasteiger charge is -2.06. The summed E-state index contributed by atoms with van der Waals surface area (Å²) in [7, 11) is 0. The maximum Gasteiger partial charge on any atom is 0.255 e. The van der Waals surface area contributed by atoms with Crippen molar-refractivity contribution in [3.8, 4) is 5.75 Å². The molecule has 0 fully saturated rings. The molecular formula is C19H18N2O4. The highest BCUT2D eigenvalue weighted by Crippen LogP contribution is 2.20. The van der Waals surface area contributed by atoms with Gasteiger partial charge in [0.2, 0.25) is 0 Å². The lowest BCUT2D eigenvalue weighted by atomic mass is 10.1. The van der Waals surface area contributed by atoms with Gasteiger partial charge in [-0.2, -0.15) is 0 Å². The van der Waals surface area contributed by atoms with Crippen molar-refractivity contribution in [2.24, 2.45) is 5.73 Å². The molecule has 0 bridgehead atoms. The van der Waals surface area contributed by atoms with Gasteiger partial charge in [0.05, 0.1) is 5.56 Å². The van der Waals surface area contributed by atoms with E-state index in [0.29, 0.717) is 29.9 Å². The molecule has 2 aromatic carbocycles. The third kappa shape index (κ3) is 4.17. The molecule has 0 atom stereocenters. The summed E-state index contributed by atoms with van der Waals surface area (Å²) in [5.74, 6) is -0.0960. The second-order valence-electron chi connectivity index (χ2n) is 5.55. The second-order valence-corrected chi connectivity index (χ2v) is 5.55. The van der Waals surface area contributed by atoms with E-state index >= 15 is 0 Å². The van der Waals surface area contributed by atoms with Gasteiger partial charge in [-0.05, 0) is 30.2 Å². The molecule has 6 heteroatoms. The topological polar surface area (TPSA) is 94.6 Å². The van der Waals surface area contributed by atoms with Gasteiger partial charge in [0.1, 0.15) is 17.6 Å². The molecule has 1 heterocycles. The van der Waals surface area contributed by atoms with Crippen molar-refractivity contribution in [2.45, 2.75) is 6.42 Å². The fourth-order valence-electron chi connectivity index (χ4n) is 2.48. The van der Waals surface area contributed by atoms with Crippen LogP contribution in [-0.2, 0) is 11.2 Å². The maximum absolute atomic E-state index is 12.3. The zero-order valence-corrected chi connectivity index (χ0v) is 13.5. The summed E-state index contributed by atoms with van der Waals surface area (Å²) in [5.41, 5.74) is 7.30. The van der Waals surface area contributed by atoms with E-state index in [9.17, 15) is 9.59 Å². The minimum atomic E-state index is -0.515. The Morgan fingerprint density at radius 3 is 2.60 bits per heavy atom. The number of fused-ring (bicyclic) bond motifs is 1. The first-order valence-electron chi connectivity index (χ1n) is 7.88. The Morgan fingerprint density at radius 2 is 1.84 bits per heavy atom. The zero-order chi connectivity index (χ0) is 17.6. The maximum atomic E-state index is 12.3. The predicted octanol–water partition coefficient (Wildman–Crippen LogP) is 2.27. The molecule has 0 radical (unpaired) electrons. The third-order valence-electron chi connectivity index (χ3n) is 3.73. The molecule has 0 aliphatic carbocycles. The van der Waals surface area contributed by atoms with Crippen LogP contribution in [0.15, 0.2) is 59.2 Å². The van der Waals surface area contributed by atoms with E-state index in [1.807, 2.05) is 36.4 Å². The Balaban J connectivity index is 1.52. The molecule has 6 nitrogen and oxygen atoms in total. The van der Waals surface area contributed by atoms with Crippen molar-refractivity contribution in [1.82, 2.24) is 5.32 Å². The standard InChI is InChI=1S/C19H18N2O4/c20-18(22)12-24-14-7-5-13(6-8-14)9-10-21-19(23)16-11-25-17-4-2-1-3-15(16)17/h1-8,11H,9-10,12H2,(H2,20,22)(H,21,23). The molecule has 0 aliphatic heterocycles. The number of para-hydroxylation sites is 1. The van der Waals surface area contributed by atoms with Crippen LogP contribution in [0.5, 0.6) is 5.75 Å².